The summed E-state index contributed by atoms with van der Waals surface area (Å²) in [5.41, 5.74) is 1.83. The molecular weight excluding hydrogens is 312 g/mol. The van der Waals surface area contributed by atoms with Crippen LogP contribution in [0, 0.1) is 0 Å². The van der Waals surface area contributed by atoms with E-state index in [1.807, 2.05) is 30.3 Å². The van der Waals surface area contributed by atoms with E-state index in [0.29, 0.717) is 12.2 Å². The van der Waals surface area contributed by atoms with Crippen molar-refractivity contribution in [2.75, 3.05) is 13.2 Å². The van der Waals surface area contributed by atoms with Crippen LogP contribution in [-0.2, 0) is 11.2 Å². The van der Waals surface area contributed by atoms with Crippen molar-refractivity contribution in [3.05, 3.63) is 65.7 Å². The standard InChI is InChI=1S/C22H28O3/c1-2-3-4-8-17-24-21-15-13-20(14-16-21)22(23)25-18-9-12-19-10-6-5-7-11-19/h5-7,10-11,13-16H,2-4,8-9,12,17-18H2,1H3. The summed E-state index contributed by atoms with van der Waals surface area (Å²) in [4.78, 5) is 12.0. The van der Waals surface area contributed by atoms with Crippen LogP contribution >= 0.6 is 0 Å². The van der Waals surface area contributed by atoms with Gasteiger partial charge in [-0.15, -0.1) is 0 Å². The van der Waals surface area contributed by atoms with Gasteiger partial charge in [0.1, 0.15) is 5.75 Å². The van der Waals surface area contributed by atoms with Crippen LogP contribution in [0.5, 0.6) is 5.75 Å². The summed E-state index contributed by atoms with van der Waals surface area (Å²) < 4.78 is 11.0. The van der Waals surface area contributed by atoms with E-state index < -0.39 is 0 Å². The first kappa shape index (κ1) is 19.0. The number of ether oxygens (including phenoxy) is 2. The highest BCUT2D eigenvalue weighted by Gasteiger charge is 2.07. The molecule has 0 bridgehead atoms. The monoisotopic (exact) mass is 340 g/mol. The SMILES string of the molecule is CCCCCCOc1ccc(C(=O)OCCCc2ccccc2)cc1. The molecule has 0 saturated heterocycles. The number of rotatable bonds is 11. The van der Waals surface area contributed by atoms with E-state index in [1.54, 1.807) is 12.1 Å². The van der Waals surface area contributed by atoms with Gasteiger partial charge in [0.25, 0.3) is 0 Å². The zero-order chi connectivity index (χ0) is 17.7. The molecule has 2 rings (SSSR count). The van der Waals surface area contributed by atoms with Crippen LogP contribution in [-0.4, -0.2) is 19.2 Å². The molecule has 2 aromatic carbocycles. The molecule has 0 amide bonds. The molecule has 0 heterocycles. The molecule has 0 atom stereocenters. The number of hydrogen-bond donors (Lipinski definition) is 0. The third-order valence-electron chi connectivity index (χ3n) is 4.04. The summed E-state index contributed by atoms with van der Waals surface area (Å²) in [5.74, 6) is 0.527. The number of hydrogen-bond acceptors (Lipinski definition) is 3. The van der Waals surface area contributed by atoms with Gasteiger partial charge in [0.2, 0.25) is 0 Å². The van der Waals surface area contributed by atoms with Crippen molar-refractivity contribution in [3.8, 4) is 5.75 Å². The fraction of sp³-hybridized carbons (Fsp3) is 0.409. The Morgan fingerprint density at radius 1 is 0.840 bits per heavy atom. The van der Waals surface area contributed by atoms with Gasteiger partial charge in [0.15, 0.2) is 0 Å². The van der Waals surface area contributed by atoms with Crippen LogP contribution in [0.25, 0.3) is 0 Å². The number of benzene rings is 2. The lowest BCUT2D eigenvalue weighted by atomic mass is 10.1. The molecule has 2 aromatic rings. The molecule has 0 aliphatic rings. The van der Waals surface area contributed by atoms with E-state index in [0.717, 1.165) is 31.6 Å². The highest BCUT2D eigenvalue weighted by molar-refractivity contribution is 5.89. The van der Waals surface area contributed by atoms with Crippen LogP contribution in [0.2, 0.25) is 0 Å². The Hall–Kier alpha value is -2.29. The predicted octanol–water partition coefficient (Wildman–Crippen LogP) is 5.44. The molecule has 3 heteroatoms. The number of carbonyl (C=O) groups excluding carboxylic acids is 1. The van der Waals surface area contributed by atoms with E-state index in [1.165, 1.54) is 24.8 Å². The van der Waals surface area contributed by atoms with Crippen molar-refractivity contribution in [2.45, 2.75) is 45.4 Å². The zero-order valence-corrected chi connectivity index (χ0v) is 15.1. The average molecular weight is 340 g/mol. The first-order valence-electron chi connectivity index (χ1n) is 9.23. The molecular formula is C22H28O3. The van der Waals surface area contributed by atoms with Crippen molar-refractivity contribution >= 4 is 5.97 Å². The van der Waals surface area contributed by atoms with E-state index >= 15 is 0 Å². The molecule has 134 valence electrons. The van der Waals surface area contributed by atoms with E-state index in [4.69, 9.17) is 9.47 Å². The Balaban J connectivity index is 1.65. The summed E-state index contributed by atoms with van der Waals surface area (Å²) in [6.45, 7) is 3.35. The highest BCUT2D eigenvalue weighted by atomic mass is 16.5. The maximum Gasteiger partial charge on any atom is 0.338 e. The number of carbonyl (C=O) groups is 1. The fourth-order valence-electron chi connectivity index (χ4n) is 2.58. The minimum Gasteiger partial charge on any atom is -0.494 e. The lowest BCUT2D eigenvalue weighted by Crippen LogP contribution is -2.07. The second-order valence-electron chi connectivity index (χ2n) is 6.16. The van der Waals surface area contributed by atoms with Gasteiger partial charge >= 0.3 is 5.97 Å². The fourth-order valence-corrected chi connectivity index (χ4v) is 2.58. The van der Waals surface area contributed by atoms with Gasteiger partial charge in [0, 0.05) is 0 Å². The normalized spacial score (nSPS) is 10.4. The highest BCUT2D eigenvalue weighted by Crippen LogP contribution is 2.14. The van der Waals surface area contributed by atoms with E-state index in [2.05, 4.69) is 19.1 Å². The number of unbranched alkanes of at least 4 members (excludes halogenated alkanes) is 3. The van der Waals surface area contributed by atoms with Gasteiger partial charge < -0.3 is 9.47 Å². The van der Waals surface area contributed by atoms with Gasteiger partial charge in [-0.1, -0.05) is 56.5 Å². The topological polar surface area (TPSA) is 35.5 Å². The Morgan fingerprint density at radius 2 is 1.60 bits per heavy atom. The van der Waals surface area contributed by atoms with Gasteiger partial charge in [0.05, 0.1) is 18.8 Å². The second kappa shape index (κ2) is 11.3. The van der Waals surface area contributed by atoms with Crippen LogP contribution in [0.1, 0.15) is 54.9 Å². The zero-order valence-electron chi connectivity index (χ0n) is 15.1. The van der Waals surface area contributed by atoms with Crippen LogP contribution in [0.15, 0.2) is 54.6 Å². The minimum absolute atomic E-state index is 0.275. The van der Waals surface area contributed by atoms with Crippen molar-refractivity contribution in [1.82, 2.24) is 0 Å². The summed E-state index contributed by atoms with van der Waals surface area (Å²) >= 11 is 0. The number of aryl methyl sites for hydroxylation is 1. The van der Waals surface area contributed by atoms with E-state index in [-0.39, 0.29) is 5.97 Å². The molecule has 0 radical (unpaired) electrons. The van der Waals surface area contributed by atoms with Crippen molar-refractivity contribution in [1.29, 1.82) is 0 Å². The maximum atomic E-state index is 12.0. The largest absolute Gasteiger partial charge is 0.494 e. The maximum absolute atomic E-state index is 12.0. The molecule has 0 aliphatic heterocycles. The van der Waals surface area contributed by atoms with E-state index in [9.17, 15) is 4.79 Å². The first-order valence-corrected chi connectivity index (χ1v) is 9.23. The van der Waals surface area contributed by atoms with Gasteiger partial charge in [-0.2, -0.15) is 0 Å². The molecule has 0 saturated carbocycles. The molecule has 3 nitrogen and oxygen atoms in total. The molecule has 0 aliphatic carbocycles. The molecule has 25 heavy (non-hydrogen) atoms. The summed E-state index contributed by atoms with van der Waals surface area (Å²) in [6, 6.07) is 17.4. The quantitative estimate of drug-likeness (QED) is 0.404. The Kier molecular flexibility index (Phi) is 8.60. The summed E-state index contributed by atoms with van der Waals surface area (Å²) in [7, 11) is 0. The summed E-state index contributed by atoms with van der Waals surface area (Å²) in [5, 5.41) is 0. The van der Waals surface area contributed by atoms with Crippen LogP contribution in [0.3, 0.4) is 0 Å². The lowest BCUT2D eigenvalue weighted by molar-refractivity contribution is 0.0500. The van der Waals surface area contributed by atoms with Crippen molar-refractivity contribution < 1.29 is 14.3 Å². The average Bonchev–Trinajstić information content (AvgIpc) is 2.66. The molecule has 0 fully saturated rings. The van der Waals surface area contributed by atoms with Crippen molar-refractivity contribution in [3.63, 3.8) is 0 Å². The second-order valence-corrected chi connectivity index (χ2v) is 6.16. The van der Waals surface area contributed by atoms with Crippen molar-refractivity contribution in [2.24, 2.45) is 0 Å². The van der Waals surface area contributed by atoms with Gasteiger partial charge in [-0.25, -0.2) is 4.79 Å². The Bertz CT molecular complexity index is 605. The smallest absolute Gasteiger partial charge is 0.338 e. The third kappa shape index (κ3) is 7.42. The molecule has 0 spiro atoms. The summed E-state index contributed by atoms with van der Waals surface area (Å²) in [6.07, 6.45) is 6.48. The van der Waals surface area contributed by atoms with Gasteiger partial charge in [-0.05, 0) is 49.1 Å². The number of esters is 1. The third-order valence-corrected chi connectivity index (χ3v) is 4.04. The first-order chi connectivity index (χ1) is 12.3. The molecule has 0 N–H and O–H groups in total. The van der Waals surface area contributed by atoms with Gasteiger partial charge in [-0.3, -0.25) is 0 Å². The Labute approximate surface area is 151 Å². The Morgan fingerprint density at radius 3 is 2.32 bits per heavy atom. The van der Waals surface area contributed by atoms with Crippen LogP contribution < -0.4 is 4.74 Å². The molecule has 0 aromatic heterocycles. The minimum atomic E-state index is -0.275. The predicted molar refractivity (Wildman–Crippen MR) is 101 cm³/mol. The van der Waals surface area contributed by atoms with Crippen LogP contribution in [0.4, 0.5) is 0 Å². The molecule has 0 unspecified atom stereocenters. The lowest BCUT2D eigenvalue weighted by Gasteiger charge is -2.08.